The van der Waals surface area contributed by atoms with Crippen LogP contribution >= 0.6 is 0 Å². The topological polar surface area (TPSA) is 65.0 Å². The van der Waals surface area contributed by atoms with E-state index in [9.17, 15) is 4.79 Å². The Morgan fingerprint density at radius 1 is 1.43 bits per heavy atom. The molecule has 0 aliphatic heterocycles. The van der Waals surface area contributed by atoms with Gasteiger partial charge in [-0.15, -0.1) is 0 Å². The van der Waals surface area contributed by atoms with E-state index in [1.54, 1.807) is 14.0 Å². The average Bonchev–Trinajstić information content (AvgIpc) is 2.14. The van der Waals surface area contributed by atoms with Crippen LogP contribution in [0.3, 0.4) is 0 Å². The zero-order valence-electron chi connectivity index (χ0n) is 8.69. The summed E-state index contributed by atoms with van der Waals surface area (Å²) in [6, 6.07) is 0. The smallest absolute Gasteiger partial charge is 0.329 e. The molecule has 14 heavy (non-hydrogen) atoms. The number of hydrogen-bond acceptors (Lipinski definition) is 4. The Hall–Kier alpha value is -0.650. The summed E-state index contributed by atoms with van der Waals surface area (Å²) >= 11 is 0. The van der Waals surface area contributed by atoms with E-state index in [2.05, 4.69) is 0 Å². The van der Waals surface area contributed by atoms with E-state index in [1.807, 2.05) is 0 Å². The summed E-state index contributed by atoms with van der Waals surface area (Å²) in [6.07, 6.45) is 0.649. The molecule has 0 saturated carbocycles. The van der Waals surface area contributed by atoms with Gasteiger partial charge in [-0.25, -0.2) is 4.79 Å². The molecule has 0 aromatic heterocycles. The predicted octanol–water partition coefficient (Wildman–Crippen LogP) is 0.529. The minimum atomic E-state index is -0.962. The maximum Gasteiger partial charge on any atom is 0.329 e. The molecule has 1 unspecified atom stereocenters. The van der Waals surface area contributed by atoms with Gasteiger partial charge in [-0.2, -0.15) is 0 Å². The Morgan fingerprint density at radius 3 is 2.71 bits per heavy atom. The van der Waals surface area contributed by atoms with Crippen LogP contribution in [-0.4, -0.2) is 50.7 Å². The monoisotopic (exact) mass is 206 g/mol. The Kier molecular flexibility index (Phi) is 8.51. The largest absolute Gasteiger partial charge is 0.480 e. The first-order valence-electron chi connectivity index (χ1n) is 4.57. The van der Waals surface area contributed by atoms with E-state index in [4.69, 9.17) is 19.3 Å². The molecule has 0 bridgehead atoms. The Labute approximate surface area is 84.0 Å². The lowest BCUT2D eigenvalue weighted by Gasteiger charge is -2.11. The van der Waals surface area contributed by atoms with E-state index in [1.165, 1.54) is 0 Å². The molecule has 0 aliphatic rings. The molecule has 0 aromatic carbocycles. The van der Waals surface area contributed by atoms with Gasteiger partial charge in [0.15, 0.2) is 0 Å². The van der Waals surface area contributed by atoms with E-state index in [0.29, 0.717) is 19.8 Å². The van der Waals surface area contributed by atoms with Gasteiger partial charge in [0.05, 0.1) is 12.7 Å². The zero-order valence-corrected chi connectivity index (χ0v) is 8.69. The second-order valence-electron chi connectivity index (χ2n) is 2.94. The average molecular weight is 206 g/mol. The van der Waals surface area contributed by atoms with Gasteiger partial charge in [-0.3, -0.25) is 0 Å². The third-order valence-electron chi connectivity index (χ3n) is 1.48. The van der Waals surface area contributed by atoms with Gasteiger partial charge in [0, 0.05) is 20.3 Å². The van der Waals surface area contributed by atoms with E-state index < -0.39 is 5.97 Å². The highest BCUT2D eigenvalue weighted by atomic mass is 16.5. The van der Waals surface area contributed by atoms with Crippen LogP contribution in [0.1, 0.15) is 13.3 Å². The fourth-order valence-electron chi connectivity index (χ4n) is 0.816. The molecule has 0 fully saturated rings. The molecule has 1 atom stereocenters. The summed E-state index contributed by atoms with van der Waals surface area (Å²) in [5, 5.41) is 8.32. The Morgan fingerprint density at radius 2 is 2.14 bits per heavy atom. The molecule has 0 aliphatic carbocycles. The number of methoxy groups -OCH3 is 1. The minimum absolute atomic E-state index is 0.186. The SMILES string of the molecule is COCCCOCC(C)OCC(=O)O. The van der Waals surface area contributed by atoms with Crippen molar-refractivity contribution in [2.75, 3.05) is 33.5 Å². The number of hydrogen-bond donors (Lipinski definition) is 1. The summed E-state index contributed by atoms with van der Waals surface area (Å²) in [4.78, 5) is 10.1. The van der Waals surface area contributed by atoms with Gasteiger partial charge in [0.25, 0.3) is 0 Å². The molecule has 5 heteroatoms. The first-order valence-corrected chi connectivity index (χ1v) is 4.57. The first-order chi connectivity index (χ1) is 6.66. The minimum Gasteiger partial charge on any atom is -0.480 e. The molecule has 0 aromatic rings. The summed E-state index contributed by atoms with van der Waals surface area (Å²) in [6.45, 7) is 3.19. The lowest BCUT2D eigenvalue weighted by atomic mass is 10.4. The third-order valence-corrected chi connectivity index (χ3v) is 1.48. The van der Waals surface area contributed by atoms with Crippen molar-refractivity contribution in [3.63, 3.8) is 0 Å². The van der Waals surface area contributed by atoms with Crippen molar-refractivity contribution in [2.45, 2.75) is 19.4 Å². The number of ether oxygens (including phenoxy) is 3. The van der Waals surface area contributed by atoms with Crippen molar-refractivity contribution >= 4 is 5.97 Å². The highest BCUT2D eigenvalue weighted by Crippen LogP contribution is 1.93. The van der Waals surface area contributed by atoms with Crippen molar-refractivity contribution < 1.29 is 24.1 Å². The molecule has 0 amide bonds. The lowest BCUT2D eigenvalue weighted by molar-refractivity contribution is -0.145. The molecule has 0 radical (unpaired) electrons. The Bertz CT molecular complexity index is 148. The van der Waals surface area contributed by atoms with E-state index in [0.717, 1.165) is 6.42 Å². The van der Waals surface area contributed by atoms with Crippen LogP contribution in [-0.2, 0) is 19.0 Å². The van der Waals surface area contributed by atoms with Crippen LogP contribution in [0.2, 0.25) is 0 Å². The molecular weight excluding hydrogens is 188 g/mol. The Balaban J connectivity index is 3.18. The van der Waals surface area contributed by atoms with Crippen molar-refractivity contribution in [1.29, 1.82) is 0 Å². The van der Waals surface area contributed by atoms with E-state index in [-0.39, 0.29) is 12.7 Å². The highest BCUT2D eigenvalue weighted by molar-refractivity contribution is 5.68. The van der Waals surface area contributed by atoms with Crippen LogP contribution in [0.25, 0.3) is 0 Å². The maximum absolute atomic E-state index is 10.1. The van der Waals surface area contributed by atoms with Crippen LogP contribution in [0.4, 0.5) is 0 Å². The molecule has 0 rings (SSSR count). The molecule has 5 nitrogen and oxygen atoms in total. The second-order valence-corrected chi connectivity index (χ2v) is 2.94. The van der Waals surface area contributed by atoms with Crippen molar-refractivity contribution in [3.8, 4) is 0 Å². The first kappa shape index (κ1) is 13.4. The molecule has 1 N–H and O–H groups in total. The van der Waals surface area contributed by atoms with Gasteiger partial charge in [-0.1, -0.05) is 0 Å². The van der Waals surface area contributed by atoms with Crippen molar-refractivity contribution in [2.24, 2.45) is 0 Å². The van der Waals surface area contributed by atoms with Gasteiger partial charge >= 0.3 is 5.97 Å². The van der Waals surface area contributed by atoms with Crippen molar-refractivity contribution in [3.05, 3.63) is 0 Å². The fourth-order valence-corrected chi connectivity index (χ4v) is 0.816. The number of carbonyl (C=O) groups is 1. The summed E-state index contributed by atoms with van der Waals surface area (Å²) in [7, 11) is 1.64. The predicted molar refractivity (Wildman–Crippen MR) is 50.4 cm³/mol. The van der Waals surface area contributed by atoms with E-state index >= 15 is 0 Å². The second kappa shape index (κ2) is 8.93. The molecule has 0 heterocycles. The van der Waals surface area contributed by atoms with Crippen molar-refractivity contribution in [1.82, 2.24) is 0 Å². The lowest BCUT2D eigenvalue weighted by Crippen LogP contribution is -2.20. The molecule has 84 valence electrons. The zero-order chi connectivity index (χ0) is 10.8. The van der Waals surface area contributed by atoms with Gasteiger partial charge in [0.2, 0.25) is 0 Å². The summed E-state index contributed by atoms with van der Waals surface area (Å²) in [5.74, 6) is -0.962. The quantitative estimate of drug-likeness (QED) is 0.557. The molecule has 0 spiro atoms. The third kappa shape index (κ3) is 9.44. The van der Waals surface area contributed by atoms with Crippen LogP contribution in [0, 0.1) is 0 Å². The van der Waals surface area contributed by atoms with Gasteiger partial charge in [-0.05, 0) is 13.3 Å². The summed E-state index contributed by atoms with van der Waals surface area (Å²) in [5.41, 5.74) is 0. The molecular formula is C9H18O5. The fraction of sp³-hybridized carbons (Fsp3) is 0.889. The van der Waals surface area contributed by atoms with Crippen LogP contribution < -0.4 is 0 Å². The van der Waals surface area contributed by atoms with Gasteiger partial charge < -0.3 is 19.3 Å². The number of rotatable bonds is 9. The van der Waals surface area contributed by atoms with Crippen LogP contribution in [0.15, 0.2) is 0 Å². The number of aliphatic carboxylic acids is 1. The standard InChI is InChI=1S/C9H18O5/c1-8(14-7-9(10)11)6-13-5-3-4-12-2/h8H,3-7H2,1-2H3,(H,10,11). The highest BCUT2D eigenvalue weighted by Gasteiger charge is 2.04. The molecule has 0 saturated heterocycles. The normalized spacial score (nSPS) is 12.7. The number of carboxylic acid groups (broad SMARTS) is 1. The maximum atomic E-state index is 10.1. The number of carboxylic acids is 1. The van der Waals surface area contributed by atoms with Crippen LogP contribution in [0.5, 0.6) is 0 Å². The van der Waals surface area contributed by atoms with Gasteiger partial charge in [0.1, 0.15) is 6.61 Å². The summed E-state index contributed by atoms with van der Waals surface area (Å²) < 4.78 is 15.0.